The van der Waals surface area contributed by atoms with Gasteiger partial charge in [0.1, 0.15) is 5.56 Å². The lowest BCUT2D eigenvalue weighted by Gasteiger charge is -2.52. The van der Waals surface area contributed by atoms with Crippen molar-refractivity contribution in [2.24, 2.45) is 5.41 Å². The number of carboxylic acids is 1. The van der Waals surface area contributed by atoms with Gasteiger partial charge in [0.25, 0.3) is 0 Å². The Hall–Kier alpha value is -2.06. The van der Waals surface area contributed by atoms with Crippen LogP contribution in [-0.4, -0.2) is 33.4 Å². The molecular formula is C16H19F3N2O4. The van der Waals surface area contributed by atoms with E-state index in [-0.39, 0.29) is 12.6 Å². The lowest BCUT2D eigenvalue weighted by molar-refractivity contribution is -0.168. The molecule has 0 aliphatic heterocycles. The smallest absolute Gasteiger partial charge is 0.433 e. The van der Waals surface area contributed by atoms with Gasteiger partial charge in [-0.1, -0.05) is 0 Å². The first-order valence-electron chi connectivity index (χ1n) is 8.21. The highest BCUT2D eigenvalue weighted by Gasteiger charge is 2.56. The molecule has 0 amide bonds. The number of esters is 1. The molecule has 4 rings (SSSR count). The predicted molar refractivity (Wildman–Crippen MR) is 78.9 cm³/mol. The minimum atomic E-state index is -4.81. The number of halogens is 3. The van der Waals surface area contributed by atoms with Gasteiger partial charge in [0, 0.05) is 0 Å². The van der Waals surface area contributed by atoms with E-state index in [1.54, 1.807) is 6.92 Å². The molecule has 0 unspecified atom stereocenters. The first kappa shape index (κ1) is 17.8. The highest BCUT2D eigenvalue weighted by molar-refractivity contribution is 5.89. The number of hydrogen-bond acceptors (Lipinski definition) is 4. The van der Waals surface area contributed by atoms with Crippen molar-refractivity contribution in [2.45, 2.75) is 57.2 Å². The molecular weight excluding hydrogens is 341 g/mol. The lowest BCUT2D eigenvalue weighted by Crippen LogP contribution is -2.52. The molecule has 0 atom stereocenters. The van der Waals surface area contributed by atoms with Gasteiger partial charge in [0.15, 0.2) is 5.69 Å². The van der Waals surface area contributed by atoms with Crippen LogP contribution < -0.4 is 0 Å². The van der Waals surface area contributed by atoms with Crippen LogP contribution in [0.15, 0.2) is 6.20 Å². The second kappa shape index (κ2) is 5.74. The van der Waals surface area contributed by atoms with E-state index in [0.717, 1.165) is 10.9 Å². The fourth-order valence-electron chi connectivity index (χ4n) is 4.21. The largest absolute Gasteiger partial charge is 0.478 e. The topological polar surface area (TPSA) is 81.4 Å². The van der Waals surface area contributed by atoms with Gasteiger partial charge in [-0.25, -0.2) is 4.79 Å². The Morgan fingerprint density at radius 2 is 1.80 bits per heavy atom. The van der Waals surface area contributed by atoms with Crippen LogP contribution in [-0.2, 0) is 21.2 Å². The number of ether oxygens (including phenoxy) is 1. The van der Waals surface area contributed by atoms with Crippen molar-refractivity contribution in [1.82, 2.24) is 9.78 Å². The van der Waals surface area contributed by atoms with Crippen LogP contribution in [0.5, 0.6) is 0 Å². The maximum Gasteiger partial charge on any atom is 0.433 e. The van der Waals surface area contributed by atoms with Gasteiger partial charge < -0.3 is 9.84 Å². The van der Waals surface area contributed by atoms with E-state index in [0.29, 0.717) is 38.5 Å². The number of aromatic nitrogens is 2. The Morgan fingerprint density at radius 3 is 2.24 bits per heavy atom. The molecule has 1 heterocycles. The summed E-state index contributed by atoms with van der Waals surface area (Å²) in [6.45, 7) is 1.99. The van der Waals surface area contributed by atoms with Crippen molar-refractivity contribution in [1.29, 1.82) is 0 Å². The molecule has 2 bridgehead atoms. The quantitative estimate of drug-likeness (QED) is 0.834. The van der Waals surface area contributed by atoms with E-state index < -0.39 is 34.4 Å². The summed E-state index contributed by atoms with van der Waals surface area (Å²) in [5.41, 5.74) is -3.58. The van der Waals surface area contributed by atoms with E-state index >= 15 is 0 Å². The van der Waals surface area contributed by atoms with E-state index in [4.69, 9.17) is 9.84 Å². The molecule has 0 spiro atoms. The summed E-state index contributed by atoms with van der Waals surface area (Å²) in [6, 6.07) is 0. The maximum atomic E-state index is 13.5. The van der Waals surface area contributed by atoms with Crippen molar-refractivity contribution in [3.63, 3.8) is 0 Å². The summed E-state index contributed by atoms with van der Waals surface area (Å²) < 4.78 is 46.4. The van der Waals surface area contributed by atoms with Gasteiger partial charge in [-0.15, -0.1) is 0 Å². The fourth-order valence-corrected chi connectivity index (χ4v) is 4.21. The van der Waals surface area contributed by atoms with Crippen molar-refractivity contribution >= 4 is 11.9 Å². The number of carbonyl (C=O) groups excluding carboxylic acids is 1. The van der Waals surface area contributed by atoms with Gasteiger partial charge in [-0.3, -0.25) is 9.48 Å². The maximum absolute atomic E-state index is 13.5. The average molecular weight is 360 g/mol. The van der Waals surface area contributed by atoms with Crippen LogP contribution in [0.1, 0.15) is 61.5 Å². The number of carbonyl (C=O) groups is 2. The number of rotatable bonds is 4. The first-order chi connectivity index (χ1) is 11.7. The molecule has 1 aromatic rings. The van der Waals surface area contributed by atoms with E-state index in [9.17, 15) is 22.8 Å². The third kappa shape index (κ3) is 2.69. The number of hydrogen-bond donors (Lipinski definition) is 1. The number of alkyl halides is 3. The van der Waals surface area contributed by atoms with Crippen LogP contribution in [0.4, 0.5) is 13.2 Å². The van der Waals surface area contributed by atoms with Gasteiger partial charge >= 0.3 is 18.1 Å². The molecule has 9 heteroatoms. The van der Waals surface area contributed by atoms with Gasteiger partial charge in [0.2, 0.25) is 0 Å². The molecule has 138 valence electrons. The van der Waals surface area contributed by atoms with E-state index in [1.165, 1.54) is 0 Å². The van der Waals surface area contributed by atoms with Crippen LogP contribution in [0.2, 0.25) is 0 Å². The summed E-state index contributed by atoms with van der Waals surface area (Å²) >= 11 is 0. The van der Waals surface area contributed by atoms with Crippen LogP contribution >= 0.6 is 0 Å². The first-order valence-corrected chi connectivity index (χ1v) is 8.21. The molecule has 3 aliphatic carbocycles. The van der Waals surface area contributed by atoms with E-state index in [2.05, 4.69) is 5.10 Å². The molecule has 0 aromatic carbocycles. The standard InChI is InChI=1S/C16H19F3N2O4/c1-2-25-13(24)14-3-6-15(7-4-14,8-5-14)21-11(16(17,18)19)10(9-20-21)12(22)23/h9H,2-8H2,1H3,(H,22,23). The van der Waals surface area contributed by atoms with E-state index in [1.807, 2.05) is 0 Å². The lowest BCUT2D eigenvalue weighted by atomic mass is 9.57. The minimum absolute atomic E-state index is 0.269. The van der Waals surface area contributed by atoms with Crippen LogP contribution in [0.25, 0.3) is 0 Å². The summed E-state index contributed by atoms with van der Waals surface area (Å²) in [4.78, 5) is 23.4. The third-order valence-corrected chi connectivity index (χ3v) is 5.63. The van der Waals surface area contributed by atoms with Crippen molar-refractivity contribution in [3.05, 3.63) is 17.5 Å². The zero-order valence-electron chi connectivity index (χ0n) is 13.7. The molecule has 25 heavy (non-hydrogen) atoms. The zero-order valence-corrected chi connectivity index (χ0v) is 13.7. The second-order valence-corrected chi connectivity index (χ2v) is 6.85. The Kier molecular flexibility index (Phi) is 4.08. The minimum Gasteiger partial charge on any atom is -0.478 e. The van der Waals surface area contributed by atoms with Gasteiger partial charge in [0.05, 0.1) is 23.8 Å². The van der Waals surface area contributed by atoms with Crippen LogP contribution in [0.3, 0.4) is 0 Å². The molecule has 1 aromatic heterocycles. The molecule has 3 saturated carbocycles. The number of aromatic carboxylic acids is 1. The van der Waals surface area contributed by atoms with Crippen molar-refractivity contribution in [2.75, 3.05) is 6.61 Å². The highest BCUT2D eigenvalue weighted by atomic mass is 19.4. The normalized spacial score (nSPS) is 28.8. The molecule has 3 aliphatic rings. The molecule has 1 N–H and O–H groups in total. The Bertz CT molecular complexity index is 686. The highest BCUT2D eigenvalue weighted by Crippen LogP contribution is 2.57. The number of fused-ring (bicyclic) bond motifs is 3. The Labute approximate surface area is 141 Å². The summed E-state index contributed by atoms with van der Waals surface area (Å²) in [5.74, 6) is -1.94. The third-order valence-electron chi connectivity index (χ3n) is 5.63. The van der Waals surface area contributed by atoms with Crippen molar-refractivity contribution < 1.29 is 32.6 Å². The molecule has 3 fully saturated rings. The second-order valence-electron chi connectivity index (χ2n) is 6.85. The number of carboxylic acid groups (broad SMARTS) is 1. The molecule has 0 radical (unpaired) electrons. The number of nitrogens with zero attached hydrogens (tertiary/aromatic N) is 2. The Morgan fingerprint density at radius 1 is 1.24 bits per heavy atom. The van der Waals surface area contributed by atoms with Crippen molar-refractivity contribution in [3.8, 4) is 0 Å². The van der Waals surface area contributed by atoms with Crippen LogP contribution in [0, 0.1) is 5.41 Å². The SMILES string of the molecule is CCOC(=O)C12CCC(n3ncc(C(=O)O)c3C(F)(F)F)(CC1)CC2. The fraction of sp³-hybridized carbons (Fsp3) is 0.688. The molecule has 0 saturated heterocycles. The zero-order chi connectivity index (χ0) is 18.5. The summed E-state index contributed by atoms with van der Waals surface area (Å²) in [6.07, 6.45) is -1.75. The summed E-state index contributed by atoms with van der Waals surface area (Å²) in [7, 11) is 0. The van der Waals surface area contributed by atoms with Gasteiger partial charge in [-0.05, 0) is 45.4 Å². The molecule has 6 nitrogen and oxygen atoms in total. The van der Waals surface area contributed by atoms with Gasteiger partial charge in [-0.2, -0.15) is 18.3 Å². The monoisotopic (exact) mass is 360 g/mol. The summed E-state index contributed by atoms with van der Waals surface area (Å²) in [5, 5.41) is 12.9. The predicted octanol–water partition coefficient (Wildman–Crippen LogP) is 3.21. The average Bonchev–Trinajstić information content (AvgIpc) is 3.03. The Balaban J connectivity index is 1.96.